The Morgan fingerprint density at radius 2 is 1.75 bits per heavy atom. The molecule has 0 aliphatic heterocycles. The highest BCUT2D eigenvalue weighted by atomic mass is 32.2. The number of rotatable bonds is 8. The Kier molecular flexibility index (Phi) is 6.64. The molecule has 0 bridgehead atoms. The molecule has 0 amide bonds. The van der Waals surface area contributed by atoms with Gasteiger partial charge in [0.1, 0.15) is 5.78 Å². The van der Waals surface area contributed by atoms with Gasteiger partial charge >= 0.3 is 0 Å². The molecule has 2 nitrogen and oxygen atoms in total. The van der Waals surface area contributed by atoms with Gasteiger partial charge in [-0.25, -0.2) is 0 Å². The molecule has 0 N–H and O–H groups in total. The lowest BCUT2D eigenvalue weighted by Gasteiger charge is -2.28. The van der Waals surface area contributed by atoms with E-state index in [9.17, 15) is 4.79 Å². The molecular formula is C13H26O2S. The van der Waals surface area contributed by atoms with Crippen LogP contribution in [0.5, 0.6) is 0 Å². The molecule has 0 saturated carbocycles. The monoisotopic (exact) mass is 246 g/mol. The smallest absolute Gasteiger partial charge is 0.135 e. The quantitative estimate of drug-likeness (QED) is 0.655. The van der Waals surface area contributed by atoms with Gasteiger partial charge in [0, 0.05) is 12.0 Å². The lowest BCUT2D eigenvalue weighted by Crippen LogP contribution is -2.29. The summed E-state index contributed by atoms with van der Waals surface area (Å²) >= 11 is 1.84. The molecule has 0 aromatic carbocycles. The first-order chi connectivity index (χ1) is 7.21. The van der Waals surface area contributed by atoms with Gasteiger partial charge in [0.2, 0.25) is 0 Å². The van der Waals surface area contributed by atoms with Crippen LogP contribution in [0.4, 0.5) is 0 Å². The fraction of sp³-hybridized carbons (Fsp3) is 0.923. The van der Waals surface area contributed by atoms with Crippen LogP contribution in [0, 0.1) is 5.41 Å². The molecule has 0 aromatic heterocycles. The molecule has 0 heterocycles. The van der Waals surface area contributed by atoms with Gasteiger partial charge in [0.25, 0.3) is 0 Å². The summed E-state index contributed by atoms with van der Waals surface area (Å²) in [5.41, 5.74) is -0.328. The molecule has 0 rings (SSSR count). The zero-order chi connectivity index (χ0) is 12.8. The standard InChI is InChI=1S/C13H26O2S/c1-11(14)12(2,3)7-9-15-13(4,5)8-10-16-6/h7-10H2,1-6H3. The van der Waals surface area contributed by atoms with E-state index >= 15 is 0 Å². The van der Waals surface area contributed by atoms with Crippen LogP contribution in [-0.2, 0) is 9.53 Å². The van der Waals surface area contributed by atoms with Gasteiger partial charge in [-0.15, -0.1) is 0 Å². The van der Waals surface area contributed by atoms with Gasteiger partial charge in [-0.05, 0) is 45.6 Å². The van der Waals surface area contributed by atoms with E-state index in [1.807, 2.05) is 25.6 Å². The van der Waals surface area contributed by atoms with Crippen LogP contribution in [0.15, 0.2) is 0 Å². The largest absolute Gasteiger partial charge is 0.376 e. The molecule has 0 fully saturated rings. The second-order valence-corrected chi connectivity index (χ2v) is 6.53. The van der Waals surface area contributed by atoms with Crippen molar-refractivity contribution in [3.8, 4) is 0 Å². The third-order valence-electron chi connectivity index (χ3n) is 3.08. The molecule has 0 radical (unpaired) electrons. The van der Waals surface area contributed by atoms with Gasteiger partial charge < -0.3 is 4.74 Å². The van der Waals surface area contributed by atoms with E-state index in [1.165, 1.54) is 0 Å². The highest BCUT2D eigenvalue weighted by Crippen LogP contribution is 2.24. The van der Waals surface area contributed by atoms with Crippen LogP contribution >= 0.6 is 11.8 Å². The highest BCUT2D eigenvalue weighted by Gasteiger charge is 2.25. The maximum Gasteiger partial charge on any atom is 0.135 e. The second-order valence-electron chi connectivity index (χ2n) is 5.54. The van der Waals surface area contributed by atoms with Crippen molar-refractivity contribution in [1.29, 1.82) is 0 Å². The summed E-state index contributed by atoms with van der Waals surface area (Å²) in [6.07, 6.45) is 3.95. The van der Waals surface area contributed by atoms with E-state index in [-0.39, 0.29) is 16.8 Å². The Bertz CT molecular complexity index is 222. The van der Waals surface area contributed by atoms with E-state index in [2.05, 4.69) is 20.1 Å². The average Bonchev–Trinajstić information content (AvgIpc) is 2.14. The molecule has 0 atom stereocenters. The van der Waals surface area contributed by atoms with Crippen molar-refractivity contribution in [2.24, 2.45) is 5.41 Å². The minimum absolute atomic E-state index is 0.0735. The molecular weight excluding hydrogens is 220 g/mol. The average molecular weight is 246 g/mol. The summed E-state index contributed by atoms with van der Waals surface area (Å²) < 4.78 is 5.85. The van der Waals surface area contributed by atoms with Crippen LogP contribution in [-0.4, -0.2) is 30.0 Å². The Hall–Kier alpha value is -0.0200. The third kappa shape index (κ3) is 6.54. The molecule has 3 heteroatoms. The van der Waals surface area contributed by atoms with Crippen molar-refractivity contribution >= 4 is 17.5 Å². The Balaban J connectivity index is 3.93. The predicted octanol–water partition coefficient (Wildman–Crippen LogP) is 3.54. The lowest BCUT2D eigenvalue weighted by molar-refractivity contribution is -0.126. The molecule has 0 spiro atoms. The summed E-state index contributed by atoms with van der Waals surface area (Å²) in [7, 11) is 0. The van der Waals surface area contributed by atoms with E-state index < -0.39 is 0 Å². The van der Waals surface area contributed by atoms with Crippen LogP contribution in [0.25, 0.3) is 0 Å². The van der Waals surface area contributed by atoms with Gasteiger partial charge in [0.15, 0.2) is 0 Å². The predicted molar refractivity (Wildman–Crippen MR) is 72.1 cm³/mol. The molecule has 0 aliphatic carbocycles. The minimum Gasteiger partial charge on any atom is -0.376 e. The topological polar surface area (TPSA) is 26.3 Å². The van der Waals surface area contributed by atoms with Crippen LogP contribution in [0.1, 0.15) is 47.5 Å². The number of ketones is 1. The van der Waals surface area contributed by atoms with Crippen molar-refractivity contribution in [2.75, 3.05) is 18.6 Å². The van der Waals surface area contributed by atoms with Gasteiger partial charge in [-0.3, -0.25) is 4.79 Å². The number of hydrogen-bond acceptors (Lipinski definition) is 3. The fourth-order valence-corrected chi connectivity index (χ4v) is 1.87. The lowest BCUT2D eigenvalue weighted by atomic mass is 9.86. The summed E-state index contributed by atoms with van der Waals surface area (Å²) in [6.45, 7) is 10.5. The molecule has 0 aliphatic rings. The number of hydrogen-bond donors (Lipinski definition) is 0. The Labute approximate surface area is 105 Å². The van der Waals surface area contributed by atoms with Crippen molar-refractivity contribution in [1.82, 2.24) is 0 Å². The van der Waals surface area contributed by atoms with Crippen molar-refractivity contribution in [2.45, 2.75) is 53.1 Å². The van der Waals surface area contributed by atoms with Crippen LogP contribution in [0.2, 0.25) is 0 Å². The van der Waals surface area contributed by atoms with Crippen LogP contribution in [0.3, 0.4) is 0 Å². The van der Waals surface area contributed by atoms with Crippen molar-refractivity contribution in [3.05, 3.63) is 0 Å². The minimum atomic E-state index is -0.254. The Morgan fingerprint density at radius 1 is 1.19 bits per heavy atom. The zero-order valence-electron chi connectivity index (χ0n) is 11.6. The maximum absolute atomic E-state index is 11.3. The molecule has 96 valence electrons. The maximum atomic E-state index is 11.3. The van der Waals surface area contributed by atoms with Crippen molar-refractivity contribution < 1.29 is 9.53 Å². The number of carbonyl (C=O) groups excluding carboxylic acids is 1. The summed E-state index contributed by atoms with van der Waals surface area (Å²) in [5, 5.41) is 0. The fourth-order valence-electron chi connectivity index (χ4n) is 1.18. The van der Waals surface area contributed by atoms with E-state index in [1.54, 1.807) is 6.92 Å². The Morgan fingerprint density at radius 3 is 2.19 bits per heavy atom. The second kappa shape index (κ2) is 6.65. The number of carbonyl (C=O) groups is 1. The van der Waals surface area contributed by atoms with Gasteiger partial charge in [-0.1, -0.05) is 13.8 Å². The molecule has 0 saturated heterocycles. The third-order valence-corrected chi connectivity index (χ3v) is 3.69. The van der Waals surface area contributed by atoms with Gasteiger partial charge in [0.05, 0.1) is 5.60 Å². The molecule has 0 unspecified atom stereocenters. The van der Waals surface area contributed by atoms with E-state index in [4.69, 9.17) is 4.74 Å². The first-order valence-corrected chi connectivity index (χ1v) is 7.24. The summed E-state index contributed by atoms with van der Waals surface area (Å²) in [6, 6.07) is 0. The molecule has 0 aromatic rings. The number of Topliss-reactive ketones (excluding diaryl/α,β-unsaturated/α-hetero) is 1. The van der Waals surface area contributed by atoms with Gasteiger partial charge in [-0.2, -0.15) is 11.8 Å². The van der Waals surface area contributed by atoms with E-state index in [0.29, 0.717) is 6.61 Å². The summed E-state index contributed by atoms with van der Waals surface area (Å²) in [4.78, 5) is 11.3. The van der Waals surface area contributed by atoms with Crippen molar-refractivity contribution in [3.63, 3.8) is 0 Å². The number of thioether (sulfide) groups is 1. The first-order valence-electron chi connectivity index (χ1n) is 5.85. The summed E-state index contributed by atoms with van der Waals surface area (Å²) in [5.74, 6) is 1.35. The zero-order valence-corrected chi connectivity index (χ0v) is 12.4. The first kappa shape index (κ1) is 16.0. The molecule has 16 heavy (non-hydrogen) atoms. The normalized spacial score (nSPS) is 12.9. The van der Waals surface area contributed by atoms with E-state index in [0.717, 1.165) is 18.6 Å². The SMILES string of the molecule is CSCCC(C)(C)OCCC(C)(C)C(C)=O. The van der Waals surface area contributed by atoms with Crippen LogP contribution < -0.4 is 0 Å². The highest BCUT2D eigenvalue weighted by molar-refractivity contribution is 7.98. The number of ether oxygens (including phenoxy) is 1.